The maximum absolute atomic E-state index is 5.77. The van der Waals surface area contributed by atoms with Gasteiger partial charge in [-0.25, -0.2) is 4.98 Å². The Kier molecular flexibility index (Phi) is 5.29. The van der Waals surface area contributed by atoms with E-state index in [-0.39, 0.29) is 6.04 Å². The van der Waals surface area contributed by atoms with Crippen LogP contribution in [-0.2, 0) is 17.6 Å². The van der Waals surface area contributed by atoms with Gasteiger partial charge in [0, 0.05) is 43.2 Å². The first kappa shape index (κ1) is 17.2. The van der Waals surface area contributed by atoms with Gasteiger partial charge in [-0.05, 0) is 43.4 Å². The van der Waals surface area contributed by atoms with Crippen molar-refractivity contribution in [3.8, 4) is 0 Å². The van der Waals surface area contributed by atoms with Crippen molar-refractivity contribution in [1.29, 1.82) is 0 Å². The zero-order chi connectivity index (χ0) is 17.8. The average molecular weight is 353 g/mol. The van der Waals surface area contributed by atoms with Gasteiger partial charge < -0.3 is 15.0 Å². The first-order valence-corrected chi connectivity index (χ1v) is 9.68. The van der Waals surface area contributed by atoms with Gasteiger partial charge in [-0.15, -0.1) is 0 Å². The van der Waals surface area contributed by atoms with Gasteiger partial charge in [0.2, 0.25) is 5.95 Å². The van der Waals surface area contributed by atoms with E-state index in [2.05, 4.69) is 40.3 Å². The second-order valence-corrected chi connectivity index (χ2v) is 7.20. The topological polar surface area (TPSA) is 63.2 Å². The van der Waals surface area contributed by atoms with E-state index in [0.29, 0.717) is 5.92 Å². The van der Waals surface area contributed by atoms with Crippen LogP contribution in [0.5, 0.6) is 0 Å². The van der Waals surface area contributed by atoms with Crippen molar-refractivity contribution >= 4 is 11.8 Å². The molecule has 138 valence electrons. The number of hydrogen-bond acceptors (Lipinski definition) is 6. The zero-order valence-corrected chi connectivity index (χ0v) is 15.4. The molecule has 26 heavy (non-hydrogen) atoms. The molecule has 2 aliphatic heterocycles. The minimum Gasteiger partial charge on any atom is -0.379 e. The largest absolute Gasteiger partial charge is 0.379 e. The Morgan fingerprint density at radius 2 is 1.96 bits per heavy atom. The number of nitrogens with zero attached hydrogens (tertiary/aromatic N) is 4. The Hall–Kier alpha value is -2.21. The van der Waals surface area contributed by atoms with Crippen LogP contribution in [0.3, 0.4) is 0 Å². The van der Waals surface area contributed by atoms with Crippen LogP contribution in [0.1, 0.15) is 31.0 Å². The van der Waals surface area contributed by atoms with E-state index in [0.717, 1.165) is 56.6 Å². The third-order valence-corrected chi connectivity index (χ3v) is 5.30. The molecule has 0 radical (unpaired) electrons. The summed E-state index contributed by atoms with van der Waals surface area (Å²) in [6, 6.07) is 6.53. The summed E-state index contributed by atoms with van der Waals surface area (Å²) in [6.45, 7) is 5.77. The molecule has 0 bridgehead atoms. The highest BCUT2D eigenvalue weighted by molar-refractivity contribution is 5.45. The molecule has 6 nitrogen and oxygen atoms in total. The van der Waals surface area contributed by atoms with Crippen LogP contribution < -0.4 is 10.2 Å². The molecule has 2 aromatic heterocycles. The molecule has 6 heteroatoms. The van der Waals surface area contributed by atoms with Gasteiger partial charge >= 0.3 is 0 Å². The Labute approximate surface area is 155 Å². The quantitative estimate of drug-likeness (QED) is 0.861. The van der Waals surface area contributed by atoms with E-state index in [1.54, 1.807) is 0 Å². The number of anilines is 2. The molecule has 0 aromatic carbocycles. The van der Waals surface area contributed by atoms with Crippen molar-refractivity contribution in [2.45, 2.75) is 38.6 Å². The van der Waals surface area contributed by atoms with Crippen molar-refractivity contribution in [2.24, 2.45) is 5.92 Å². The lowest BCUT2D eigenvalue weighted by atomic mass is 9.95. The number of ether oxygens (including phenoxy) is 1. The average Bonchev–Trinajstić information content (AvgIpc) is 3.35. The summed E-state index contributed by atoms with van der Waals surface area (Å²) < 4.78 is 5.77. The van der Waals surface area contributed by atoms with E-state index in [4.69, 9.17) is 14.7 Å². The molecule has 1 N–H and O–H groups in total. The van der Waals surface area contributed by atoms with Crippen molar-refractivity contribution in [3.63, 3.8) is 0 Å². The lowest BCUT2D eigenvalue weighted by Crippen LogP contribution is -2.30. The number of hydrogen-bond donors (Lipinski definition) is 1. The first-order valence-electron chi connectivity index (χ1n) is 9.68. The first-order chi connectivity index (χ1) is 12.8. The van der Waals surface area contributed by atoms with E-state index in [9.17, 15) is 0 Å². The number of aromatic nitrogens is 3. The molecule has 0 spiro atoms. The van der Waals surface area contributed by atoms with Crippen LogP contribution in [0.25, 0.3) is 0 Å². The van der Waals surface area contributed by atoms with Crippen molar-refractivity contribution in [1.82, 2.24) is 15.0 Å². The van der Waals surface area contributed by atoms with E-state index < -0.39 is 0 Å². The van der Waals surface area contributed by atoms with Crippen molar-refractivity contribution in [2.75, 3.05) is 36.5 Å². The summed E-state index contributed by atoms with van der Waals surface area (Å²) in [5, 5.41) is 3.63. The summed E-state index contributed by atoms with van der Waals surface area (Å²) in [6.07, 6.45) is 8.08. The van der Waals surface area contributed by atoms with Gasteiger partial charge in [0.15, 0.2) is 0 Å². The van der Waals surface area contributed by atoms with Gasteiger partial charge in [0.1, 0.15) is 5.82 Å². The molecule has 2 atom stereocenters. The van der Waals surface area contributed by atoms with Crippen LogP contribution >= 0.6 is 0 Å². The fourth-order valence-corrected chi connectivity index (χ4v) is 3.77. The van der Waals surface area contributed by atoms with Crippen LogP contribution in [-0.4, -0.2) is 47.3 Å². The molecule has 2 saturated heterocycles. The van der Waals surface area contributed by atoms with Crippen molar-refractivity contribution in [3.05, 3.63) is 41.9 Å². The molecule has 2 fully saturated rings. The standard InChI is InChI=1S/C20H27N5O/c1-2-17-12-19(24-20(22-17)25-9-3-4-10-25)23-18-14-26-13-16(18)11-15-5-7-21-8-6-15/h5-8,12,16,18H,2-4,9-11,13-14H2,1H3,(H,22,23,24)/t16-,18-/m1/s1. The maximum Gasteiger partial charge on any atom is 0.227 e. The highest BCUT2D eigenvalue weighted by Crippen LogP contribution is 2.24. The molecule has 0 aliphatic carbocycles. The highest BCUT2D eigenvalue weighted by Gasteiger charge is 2.29. The van der Waals surface area contributed by atoms with E-state index in [1.807, 2.05) is 12.4 Å². The molecule has 0 saturated carbocycles. The summed E-state index contributed by atoms with van der Waals surface area (Å²) in [5.41, 5.74) is 2.39. The molecule has 0 amide bonds. The SMILES string of the molecule is CCc1cc(N[C@@H]2COC[C@H]2Cc2ccncc2)nc(N2CCCC2)n1. The zero-order valence-electron chi connectivity index (χ0n) is 15.4. The lowest BCUT2D eigenvalue weighted by Gasteiger charge is -2.22. The minimum absolute atomic E-state index is 0.272. The number of aryl methyl sites for hydroxylation is 1. The molecule has 2 aromatic rings. The van der Waals surface area contributed by atoms with Crippen LogP contribution in [0, 0.1) is 5.92 Å². The summed E-state index contributed by atoms with van der Waals surface area (Å²) in [7, 11) is 0. The molecule has 0 unspecified atom stereocenters. The number of pyridine rings is 1. The molecule has 4 heterocycles. The molecule has 4 rings (SSSR count). The second-order valence-electron chi connectivity index (χ2n) is 7.20. The van der Waals surface area contributed by atoms with E-state index in [1.165, 1.54) is 18.4 Å². The third-order valence-electron chi connectivity index (χ3n) is 5.30. The number of nitrogens with one attached hydrogen (secondary N) is 1. The Balaban J connectivity index is 1.49. The maximum atomic E-state index is 5.77. The van der Waals surface area contributed by atoms with Gasteiger partial charge in [0.25, 0.3) is 0 Å². The molecule has 2 aliphatic rings. The summed E-state index contributed by atoms with van der Waals surface area (Å²) in [5.74, 6) is 2.23. The van der Waals surface area contributed by atoms with Gasteiger partial charge in [0.05, 0.1) is 19.3 Å². The molecular formula is C20H27N5O. The monoisotopic (exact) mass is 353 g/mol. The predicted molar refractivity (Wildman–Crippen MR) is 103 cm³/mol. The fraction of sp³-hybridized carbons (Fsp3) is 0.550. The van der Waals surface area contributed by atoms with Gasteiger partial charge in [-0.3, -0.25) is 4.98 Å². The van der Waals surface area contributed by atoms with Crippen LogP contribution in [0.2, 0.25) is 0 Å². The Bertz CT molecular complexity index is 717. The van der Waals surface area contributed by atoms with E-state index >= 15 is 0 Å². The van der Waals surface area contributed by atoms with Gasteiger partial charge in [-0.2, -0.15) is 4.98 Å². The second kappa shape index (κ2) is 7.99. The smallest absolute Gasteiger partial charge is 0.227 e. The normalized spacial score (nSPS) is 22.7. The predicted octanol–water partition coefficient (Wildman–Crippen LogP) is 2.70. The third kappa shape index (κ3) is 3.96. The number of rotatable bonds is 6. The Morgan fingerprint density at radius 1 is 1.15 bits per heavy atom. The summed E-state index contributed by atoms with van der Waals surface area (Å²) >= 11 is 0. The Morgan fingerprint density at radius 3 is 2.73 bits per heavy atom. The van der Waals surface area contributed by atoms with Gasteiger partial charge in [-0.1, -0.05) is 6.92 Å². The van der Waals surface area contributed by atoms with Crippen LogP contribution in [0.15, 0.2) is 30.6 Å². The molecular weight excluding hydrogens is 326 g/mol. The van der Waals surface area contributed by atoms with Crippen molar-refractivity contribution < 1.29 is 4.74 Å². The summed E-state index contributed by atoms with van der Waals surface area (Å²) in [4.78, 5) is 15.9. The van der Waals surface area contributed by atoms with Crippen LogP contribution in [0.4, 0.5) is 11.8 Å². The highest BCUT2D eigenvalue weighted by atomic mass is 16.5. The lowest BCUT2D eigenvalue weighted by molar-refractivity contribution is 0.185. The fourth-order valence-electron chi connectivity index (χ4n) is 3.77. The minimum atomic E-state index is 0.272.